The van der Waals surface area contributed by atoms with Gasteiger partial charge in [0.25, 0.3) is 5.91 Å². The van der Waals surface area contributed by atoms with Crippen LogP contribution in [0.4, 0.5) is 0 Å². The van der Waals surface area contributed by atoms with Gasteiger partial charge in [0.1, 0.15) is 11.5 Å². The first-order chi connectivity index (χ1) is 11.2. The number of rotatable bonds is 7. The second-order valence-electron chi connectivity index (χ2n) is 5.61. The Morgan fingerprint density at radius 1 is 1.17 bits per heavy atom. The lowest BCUT2D eigenvalue weighted by Gasteiger charge is -2.32. The van der Waals surface area contributed by atoms with E-state index in [2.05, 4.69) is 0 Å². The van der Waals surface area contributed by atoms with Gasteiger partial charge in [-0.15, -0.1) is 12.4 Å². The second-order valence-corrected chi connectivity index (χ2v) is 5.61. The highest BCUT2D eigenvalue weighted by Gasteiger charge is 2.24. The lowest BCUT2D eigenvalue weighted by molar-refractivity contribution is 0.00843. The summed E-state index contributed by atoms with van der Waals surface area (Å²) in [6.45, 7) is 2.74. The van der Waals surface area contributed by atoms with Crippen LogP contribution in [0.2, 0.25) is 0 Å². The molecule has 6 nitrogen and oxygen atoms in total. The van der Waals surface area contributed by atoms with Gasteiger partial charge < -0.3 is 24.8 Å². The predicted octanol–water partition coefficient (Wildman–Crippen LogP) is 2.10. The van der Waals surface area contributed by atoms with Gasteiger partial charge in [0, 0.05) is 31.3 Å². The van der Waals surface area contributed by atoms with Crippen LogP contribution in [0, 0.1) is 0 Å². The molecule has 1 amide bonds. The van der Waals surface area contributed by atoms with Crippen molar-refractivity contribution in [3.05, 3.63) is 23.8 Å². The summed E-state index contributed by atoms with van der Waals surface area (Å²) in [6.07, 6.45) is 2.82. The van der Waals surface area contributed by atoms with Crippen molar-refractivity contribution in [3.8, 4) is 11.5 Å². The van der Waals surface area contributed by atoms with E-state index >= 15 is 0 Å². The van der Waals surface area contributed by atoms with Crippen molar-refractivity contribution in [2.45, 2.75) is 25.4 Å². The molecule has 1 aliphatic heterocycles. The molecule has 0 unspecified atom stereocenters. The van der Waals surface area contributed by atoms with E-state index in [0.29, 0.717) is 43.3 Å². The quantitative estimate of drug-likeness (QED) is 0.755. The summed E-state index contributed by atoms with van der Waals surface area (Å²) in [5.74, 6) is 1.24. The van der Waals surface area contributed by atoms with Gasteiger partial charge >= 0.3 is 0 Å². The summed E-state index contributed by atoms with van der Waals surface area (Å²) < 4.78 is 16.2. The number of nitrogens with two attached hydrogens (primary N) is 1. The number of hydrogen-bond acceptors (Lipinski definition) is 5. The van der Waals surface area contributed by atoms with Crippen molar-refractivity contribution in [1.82, 2.24) is 4.90 Å². The van der Waals surface area contributed by atoms with Crippen molar-refractivity contribution < 1.29 is 19.0 Å². The minimum absolute atomic E-state index is 0. The molecule has 1 aromatic rings. The fourth-order valence-electron chi connectivity index (χ4n) is 2.67. The molecule has 0 spiro atoms. The number of amides is 1. The van der Waals surface area contributed by atoms with Crippen molar-refractivity contribution >= 4 is 18.3 Å². The van der Waals surface area contributed by atoms with Crippen LogP contribution in [0.3, 0.4) is 0 Å². The van der Waals surface area contributed by atoms with Crippen LogP contribution in [-0.4, -0.2) is 57.4 Å². The molecule has 24 heavy (non-hydrogen) atoms. The summed E-state index contributed by atoms with van der Waals surface area (Å²) in [4.78, 5) is 14.5. The summed E-state index contributed by atoms with van der Waals surface area (Å²) in [6, 6.07) is 5.25. The van der Waals surface area contributed by atoms with Crippen LogP contribution in [0.5, 0.6) is 11.5 Å². The van der Waals surface area contributed by atoms with Gasteiger partial charge in [0.05, 0.1) is 20.3 Å². The van der Waals surface area contributed by atoms with Crippen LogP contribution < -0.4 is 15.2 Å². The van der Waals surface area contributed by atoms with Gasteiger partial charge in [-0.2, -0.15) is 0 Å². The number of benzene rings is 1. The smallest absolute Gasteiger partial charge is 0.254 e. The fraction of sp³-hybridized carbons (Fsp3) is 0.588. The average molecular weight is 359 g/mol. The molecule has 1 heterocycles. The zero-order valence-electron chi connectivity index (χ0n) is 14.3. The highest BCUT2D eigenvalue weighted by atomic mass is 35.5. The third kappa shape index (κ3) is 5.54. The van der Waals surface area contributed by atoms with E-state index in [4.69, 9.17) is 19.9 Å². The van der Waals surface area contributed by atoms with Crippen molar-refractivity contribution in [1.29, 1.82) is 0 Å². The minimum atomic E-state index is 0. The van der Waals surface area contributed by atoms with Gasteiger partial charge in [-0.1, -0.05) is 0 Å². The number of piperidine rings is 1. The highest BCUT2D eigenvalue weighted by Crippen LogP contribution is 2.24. The zero-order valence-corrected chi connectivity index (χ0v) is 15.1. The Hall–Kier alpha value is -1.50. The molecule has 1 aromatic carbocycles. The molecule has 2 rings (SSSR count). The molecule has 0 aromatic heterocycles. The van der Waals surface area contributed by atoms with Gasteiger partial charge in [0.2, 0.25) is 0 Å². The highest BCUT2D eigenvalue weighted by molar-refractivity contribution is 5.95. The molecule has 136 valence electrons. The third-order valence-electron chi connectivity index (χ3n) is 4.03. The Bertz CT molecular complexity index is 497. The molecule has 1 fully saturated rings. The number of carbonyl (C=O) groups excluding carboxylic acids is 1. The Kier molecular flexibility index (Phi) is 8.89. The van der Waals surface area contributed by atoms with Crippen LogP contribution in [-0.2, 0) is 4.74 Å². The molecule has 0 aliphatic carbocycles. The van der Waals surface area contributed by atoms with Gasteiger partial charge in [-0.05, 0) is 37.9 Å². The molecule has 7 heteroatoms. The van der Waals surface area contributed by atoms with E-state index in [9.17, 15) is 4.79 Å². The van der Waals surface area contributed by atoms with Crippen molar-refractivity contribution in [2.75, 3.05) is 40.5 Å². The van der Waals surface area contributed by atoms with Crippen LogP contribution in [0.25, 0.3) is 0 Å². The average Bonchev–Trinajstić information content (AvgIpc) is 2.61. The normalized spacial score (nSPS) is 14.9. The maximum atomic E-state index is 12.7. The van der Waals surface area contributed by atoms with Crippen molar-refractivity contribution in [3.63, 3.8) is 0 Å². The number of carbonyl (C=O) groups is 1. The first-order valence-corrected chi connectivity index (χ1v) is 8.02. The molecule has 0 bridgehead atoms. The Labute approximate surface area is 149 Å². The van der Waals surface area contributed by atoms with Crippen LogP contribution >= 0.6 is 12.4 Å². The molecule has 1 saturated heterocycles. The van der Waals surface area contributed by atoms with Gasteiger partial charge in [-0.25, -0.2) is 0 Å². The van der Waals surface area contributed by atoms with Crippen LogP contribution in [0.15, 0.2) is 18.2 Å². The second kappa shape index (κ2) is 10.4. The molecular weight excluding hydrogens is 332 g/mol. The van der Waals surface area contributed by atoms with E-state index in [1.807, 2.05) is 4.90 Å². The predicted molar refractivity (Wildman–Crippen MR) is 95.3 cm³/mol. The van der Waals surface area contributed by atoms with E-state index in [1.54, 1.807) is 32.4 Å². The molecular formula is C17H27ClN2O4. The van der Waals surface area contributed by atoms with E-state index in [0.717, 1.165) is 19.3 Å². The standard InChI is InChI=1S/C17H26N2O4.ClH/c1-21-15-10-13(11-16(12-15)22-2)17(20)19-7-4-14(5-8-19)23-9-3-6-18;/h10-12,14H,3-9,18H2,1-2H3;1H. The maximum absolute atomic E-state index is 12.7. The van der Waals surface area contributed by atoms with Gasteiger partial charge in [0.15, 0.2) is 0 Å². The number of methoxy groups -OCH3 is 2. The van der Waals surface area contributed by atoms with Gasteiger partial charge in [-0.3, -0.25) is 4.79 Å². The summed E-state index contributed by atoms with van der Waals surface area (Å²) in [5.41, 5.74) is 6.05. The first-order valence-electron chi connectivity index (χ1n) is 8.02. The molecule has 0 radical (unpaired) electrons. The summed E-state index contributed by atoms with van der Waals surface area (Å²) >= 11 is 0. The van der Waals surface area contributed by atoms with Crippen molar-refractivity contribution in [2.24, 2.45) is 5.73 Å². The summed E-state index contributed by atoms with van der Waals surface area (Å²) in [5, 5.41) is 0. The van der Waals surface area contributed by atoms with E-state index in [-0.39, 0.29) is 24.4 Å². The monoisotopic (exact) mass is 358 g/mol. The fourth-order valence-corrected chi connectivity index (χ4v) is 2.67. The van der Waals surface area contributed by atoms with E-state index in [1.165, 1.54) is 0 Å². The lowest BCUT2D eigenvalue weighted by Crippen LogP contribution is -2.41. The largest absolute Gasteiger partial charge is 0.497 e. The maximum Gasteiger partial charge on any atom is 0.254 e. The Balaban J connectivity index is 0.00000288. The molecule has 1 aliphatic rings. The summed E-state index contributed by atoms with van der Waals surface area (Å²) in [7, 11) is 3.15. The minimum Gasteiger partial charge on any atom is -0.497 e. The zero-order chi connectivity index (χ0) is 16.7. The lowest BCUT2D eigenvalue weighted by atomic mass is 10.1. The number of halogens is 1. The molecule has 2 N–H and O–H groups in total. The Morgan fingerprint density at radius 2 is 1.75 bits per heavy atom. The number of likely N-dealkylation sites (tertiary alicyclic amines) is 1. The first kappa shape index (κ1) is 20.5. The number of nitrogens with zero attached hydrogens (tertiary/aromatic N) is 1. The molecule has 0 atom stereocenters. The molecule has 0 saturated carbocycles. The van der Waals surface area contributed by atoms with E-state index < -0.39 is 0 Å². The Morgan fingerprint density at radius 3 is 2.25 bits per heavy atom. The van der Waals surface area contributed by atoms with Crippen LogP contribution in [0.1, 0.15) is 29.6 Å². The SMILES string of the molecule is COc1cc(OC)cc(C(=O)N2CCC(OCCCN)CC2)c1.Cl. The number of hydrogen-bond donors (Lipinski definition) is 1. The topological polar surface area (TPSA) is 74.0 Å². The third-order valence-corrected chi connectivity index (χ3v) is 4.03. The number of ether oxygens (including phenoxy) is 3.